The molecule has 3 rings (SSSR count). The molecule has 4 nitrogen and oxygen atoms in total. The van der Waals surface area contributed by atoms with Gasteiger partial charge in [0, 0.05) is 16.9 Å². The summed E-state index contributed by atoms with van der Waals surface area (Å²) >= 11 is 9.36. The van der Waals surface area contributed by atoms with Crippen molar-refractivity contribution >= 4 is 33.4 Å². The molecule has 0 fully saturated rings. The first-order valence-electron chi connectivity index (χ1n) is 8.13. The summed E-state index contributed by atoms with van der Waals surface area (Å²) in [5, 5.41) is 2.65. The van der Waals surface area contributed by atoms with Gasteiger partial charge in [0.2, 0.25) is 0 Å². The van der Waals surface area contributed by atoms with Gasteiger partial charge in [-0.25, -0.2) is 4.98 Å². The van der Waals surface area contributed by atoms with Crippen molar-refractivity contribution in [1.82, 2.24) is 14.9 Å². The summed E-state index contributed by atoms with van der Waals surface area (Å²) in [7, 11) is 0. The van der Waals surface area contributed by atoms with Crippen molar-refractivity contribution in [3.05, 3.63) is 81.2 Å². The van der Waals surface area contributed by atoms with Crippen LogP contribution >= 0.6 is 27.5 Å². The highest BCUT2D eigenvalue weighted by Gasteiger charge is 2.32. The highest BCUT2D eigenvalue weighted by Crippen LogP contribution is 2.32. The Balaban J connectivity index is 1.85. The number of benzene rings is 1. The minimum absolute atomic E-state index is 0.0427. The van der Waals surface area contributed by atoms with E-state index in [0.29, 0.717) is 6.20 Å². The van der Waals surface area contributed by atoms with E-state index in [1.807, 2.05) is 31.2 Å². The zero-order valence-corrected chi connectivity index (χ0v) is 16.8. The van der Waals surface area contributed by atoms with E-state index in [9.17, 15) is 18.0 Å². The third-order valence-corrected chi connectivity index (χ3v) is 4.88. The third-order valence-electron chi connectivity index (χ3n) is 4.08. The second-order valence-corrected chi connectivity index (χ2v) is 7.36. The van der Waals surface area contributed by atoms with E-state index >= 15 is 0 Å². The predicted octanol–water partition coefficient (Wildman–Crippen LogP) is 5.80. The molecular weight excluding hydrogens is 459 g/mol. The van der Waals surface area contributed by atoms with Crippen molar-refractivity contribution in [2.45, 2.75) is 19.1 Å². The largest absolute Gasteiger partial charge is 0.417 e. The van der Waals surface area contributed by atoms with E-state index in [1.54, 1.807) is 12.1 Å². The van der Waals surface area contributed by atoms with E-state index in [2.05, 4.69) is 26.2 Å². The van der Waals surface area contributed by atoms with Gasteiger partial charge in [-0.3, -0.25) is 9.36 Å². The van der Waals surface area contributed by atoms with Gasteiger partial charge >= 0.3 is 6.18 Å². The van der Waals surface area contributed by atoms with Crippen molar-refractivity contribution in [2.24, 2.45) is 0 Å². The van der Waals surface area contributed by atoms with Gasteiger partial charge in [0.25, 0.3) is 5.91 Å². The SMILES string of the molecule is C[C@H](NC(=O)c1cccn1-c1ncc(C(F)(F)F)cc1Cl)c1ccc(Br)cc1. The zero-order chi connectivity index (χ0) is 20.5. The number of aromatic nitrogens is 2. The van der Waals surface area contributed by atoms with Crippen molar-refractivity contribution in [3.8, 4) is 5.82 Å². The molecule has 0 spiro atoms. The first kappa shape index (κ1) is 20.4. The van der Waals surface area contributed by atoms with E-state index in [-0.39, 0.29) is 22.6 Å². The molecule has 3 aromatic rings. The Morgan fingerprint density at radius 1 is 1.25 bits per heavy atom. The number of carbonyl (C=O) groups is 1. The lowest BCUT2D eigenvalue weighted by atomic mass is 10.1. The van der Waals surface area contributed by atoms with Gasteiger partial charge in [-0.05, 0) is 42.8 Å². The second-order valence-electron chi connectivity index (χ2n) is 6.04. The fraction of sp³-hybridized carbons (Fsp3) is 0.158. The lowest BCUT2D eigenvalue weighted by Gasteiger charge is -2.16. The van der Waals surface area contributed by atoms with Crippen LogP contribution in [0.3, 0.4) is 0 Å². The van der Waals surface area contributed by atoms with Crippen molar-refractivity contribution < 1.29 is 18.0 Å². The molecule has 0 radical (unpaired) electrons. The normalized spacial score (nSPS) is 12.6. The number of rotatable bonds is 4. The molecule has 1 atom stereocenters. The Kier molecular flexibility index (Phi) is 5.81. The highest BCUT2D eigenvalue weighted by molar-refractivity contribution is 9.10. The number of nitrogens with one attached hydrogen (secondary N) is 1. The smallest absolute Gasteiger partial charge is 0.344 e. The number of nitrogens with zero attached hydrogens (tertiary/aromatic N) is 2. The summed E-state index contributed by atoms with van der Waals surface area (Å²) in [4.78, 5) is 16.5. The molecule has 0 aliphatic carbocycles. The molecule has 2 aromatic heterocycles. The number of alkyl halides is 3. The zero-order valence-electron chi connectivity index (χ0n) is 14.5. The first-order chi connectivity index (χ1) is 13.2. The van der Waals surface area contributed by atoms with Crippen LogP contribution in [0.1, 0.15) is 34.6 Å². The molecule has 1 aromatic carbocycles. The quantitative estimate of drug-likeness (QED) is 0.522. The Hall–Kier alpha value is -2.32. The average molecular weight is 473 g/mol. The maximum atomic E-state index is 12.8. The van der Waals surface area contributed by atoms with Crippen LogP contribution in [0.25, 0.3) is 5.82 Å². The van der Waals surface area contributed by atoms with Gasteiger partial charge in [-0.1, -0.05) is 39.7 Å². The van der Waals surface area contributed by atoms with Gasteiger partial charge in [0.15, 0.2) is 5.82 Å². The summed E-state index contributed by atoms with van der Waals surface area (Å²) < 4.78 is 40.7. The Bertz CT molecular complexity index is 1000. The number of carbonyl (C=O) groups excluding carboxylic acids is 1. The summed E-state index contributed by atoms with van der Waals surface area (Å²) in [6.45, 7) is 1.83. The summed E-state index contributed by atoms with van der Waals surface area (Å²) in [5.41, 5.74) is 0.154. The van der Waals surface area contributed by atoms with Crippen LogP contribution in [0.4, 0.5) is 13.2 Å². The fourth-order valence-corrected chi connectivity index (χ4v) is 3.14. The Morgan fingerprint density at radius 2 is 1.93 bits per heavy atom. The predicted molar refractivity (Wildman–Crippen MR) is 104 cm³/mol. The van der Waals surface area contributed by atoms with Crippen molar-refractivity contribution in [3.63, 3.8) is 0 Å². The molecule has 0 bridgehead atoms. The minimum Gasteiger partial charge on any atom is -0.344 e. The van der Waals surface area contributed by atoms with Crippen molar-refractivity contribution in [1.29, 1.82) is 0 Å². The molecule has 28 heavy (non-hydrogen) atoms. The number of amides is 1. The van der Waals surface area contributed by atoms with Gasteiger partial charge in [0.05, 0.1) is 16.6 Å². The molecule has 146 valence electrons. The molecule has 2 heterocycles. The number of hydrogen-bond acceptors (Lipinski definition) is 2. The van der Waals surface area contributed by atoms with E-state index < -0.39 is 17.6 Å². The molecule has 9 heteroatoms. The molecule has 0 aliphatic rings. The van der Waals surface area contributed by atoms with E-state index in [4.69, 9.17) is 11.6 Å². The maximum absolute atomic E-state index is 12.8. The van der Waals surface area contributed by atoms with Crippen LogP contribution in [0, 0.1) is 0 Å². The van der Waals surface area contributed by atoms with Crippen LogP contribution in [-0.2, 0) is 6.18 Å². The second kappa shape index (κ2) is 7.97. The minimum atomic E-state index is -4.55. The highest BCUT2D eigenvalue weighted by atomic mass is 79.9. The average Bonchev–Trinajstić information content (AvgIpc) is 3.11. The maximum Gasteiger partial charge on any atom is 0.417 e. The first-order valence-corrected chi connectivity index (χ1v) is 9.30. The molecule has 0 saturated heterocycles. The fourth-order valence-electron chi connectivity index (χ4n) is 2.62. The lowest BCUT2D eigenvalue weighted by molar-refractivity contribution is -0.137. The number of pyridine rings is 1. The Morgan fingerprint density at radius 3 is 2.54 bits per heavy atom. The summed E-state index contributed by atoms with van der Waals surface area (Å²) in [6, 6.07) is 11.1. The molecule has 1 N–H and O–H groups in total. The third kappa shape index (κ3) is 4.39. The van der Waals surface area contributed by atoms with Crippen LogP contribution in [-0.4, -0.2) is 15.5 Å². The molecule has 0 aliphatic heterocycles. The van der Waals surface area contributed by atoms with Crippen LogP contribution < -0.4 is 5.32 Å². The van der Waals surface area contributed by atoms with Crippen LogP contribution in [0.5, 0.6) is 0 Å². The number of hydrogen-bond donors (Lipinski definition) is 1. The molecular formula is C19H14BrClF3N3O. The van der Waals surface area contributed by atoms with Crippen molar-refractivity contribution in [2.75, 3.05) is 0 Å². The van der Waals surface area contributed by atoms with Gasteiger partial charge in [-0.15, -0.1) is 0 Å². The van der Waals surface area contributed by atoms with Gasteiger partial charge in [0.1, 0.15) is 5.69 Å². The van der Waals surface area contributed by atoms with Gasteiger partial charge < -0.3 is 5.32 Å². The van der Waals surface area contributed by atoms with Gasteiger partial charge in [-0.2, -0.15) is 13.2 Å². The lowest BCUT2D eigenvalue weighted by Crippen LogP contribution is -2.28. The standard InChI is InChI=1S/C19H14BrClF3N3O/c1-11(12-4-6-14(20)7-5-12)26-18(28)16-3-2-8-27(16)17-15(21)9-13(10-25-17)19(22,23)24/h2-11H,1H3,(H,26,28)/t11-/m0/s1. The topological polar surface area (TPSA) is 46.9 Å². The summed E-state index contributed by atoms with van der Waals surface area (Å²) in [6.07, 6.45) is -2.35. The Labute approximate surface area is 172 Å². The molecule has 1 amide bonds. The van der Waals surface area contributed by atoms with E-state index in [0.717, 1.165) is 16.1 Å². The monoisotopic (exact) mass is 471 g/mol. The number of halogens is 5. The molecule has 0 saturated carbocycles. The molecule has 0 unspecified atom stereocenters. The summed E-state index contributed by atoms with van der Waals surface area (Å²) in [5.74, 6) is -0.362. The van der Waals surface area contributed by atoms with Crippen LogP contribution in [0.15, 0.2) is 59.3 Å². The van der Waals surface area contributed by atoms with E-state index in [1.165, 1.54) is 10.8 Å². The van der Waals surface area contributed by atoms with Crippen LogP contribution in [0.2, 0.25) is 5.02 Å².